The average molecular weight is 477 g/mol. The second kappa shape index (κ2) is 9.52. The summed E-state index contributed by atoms with van der Waals surface area (Å²) in [5.41, 5.74) is 2.97. The van der Waals surface area contributed by atoms with Crippen molar-refractivity contribution in [1.82, 2.24) is 23.9 Å². The van der Waals surface area contributed by atoms with Gasteiger partial charge in [0, 0.05) is 36.8 Å². The Kier molecular flexibility index (Phi) is 6.30. The molecule has 3 heterocycles. The molecular weight excluding hydrogens is 448 g/mol. The predicted octanol–water partition coefficient (Wildman–Crippen LogP) is 3.93. The molecular formula is C25H28N6O2S. The minimum Gasteiger partial charge on any atom is -0.493 e. The van der Waals surface area contributed by atoms with Crippen LogP contribution in [0.2, 0.25) is 0 Å². The molecule has 0 amide bonds. The molecule has 0 aliphatic carbocycles. The largest absolute Gasteiger partial charge is 0.493 e. The van der Waals surface area contributed by atoms with E-state index in [4.69, 9.17) is 9.84 Å². The maximum Gasteiger partial charge on any atom is 0.277 e. The van der Waals surface area contributed by atoms with Crippen LogP contribution in [0.4, 0.5) is 5.69 Å². The standard InChI is InChI=1S/C25H28N6O2S/c1-4-33-22-11-10-20(34-30-14-12-29(13-15-30)19-8-6-5-7-9-19)16-21(22)24-27-25(32)23-17(2)26-18(3)31(23)28-24/h5-11,16H,4,12-15H2,1-3H3,(H,27,28,32). The van der Waals surface area contributed by atoms with E-state index in [0.29, 0.717) is 35.2 Å². The number of aromatic nitrogens is 4. The van der Waals surface area contributed by atoms with E-state index in [-0.39, 0.29) is 5.56 Å². The first-order valence-corrected chi connectivity index (χ1v) is 12.3. The highest BCUT2D eigenvalue weighted by atomic mass is 32.2. The zero-order valence-corrected chi connectivity index (χ0v) is 20.4. The molecule has 1 fully saturated rings. The Morgan fingerprint density at radius 3 is 2.56 bits per heavy atom. The molecule has 1 N–H and O–H groups in total. The molecule has 4 aromatic rings. The number of anilines is 1. The smallest absolute Gasteiger partial charge is 0.277 e. The van der Waals surface area contributed by atoms with Crippen molar-refractivity contribution in [2.75, 3.05) is 37.7 Å². The second-order valence-corrected chi connectivity index (χ2v) is 9.41. The Hall–Kier alpha value is -3.30. The molecule has 34 heavy (non-hydrogen) atoms. The molecule has 0 bridgehead atoms. The summed E-state index contributed by atoms with van der Waals surface area (Å²) in [6.07, 6.45) is 0. The van der Waals surface area contributed by atoms with Crippen LogP contribution in [0.5, 0.6) is 5.75 Å². The summed E-state index contributed by atoms with van der Waals surface area (Å²) < 4.78 is 9.86. The van der Waals surface area contributed by atoms with Crippen molar-refractivity contribution in [1.29, 1.82) is 0 Å². The van der Waals surface area contributed by atoms with Crippen LogP contribution in [-0.2, 0) is 0 Å². The first-order chi connectivity index (χ1) is 16.5. The molecule has 0 atom stereocenters. The number of H-pyrrole nitrogens is 1. The van der Waals surface area contributed by atoms with E-state index in [2.05, 4.69) is 49.5 Å². The van der Waals surface area contributed by atoms with Crippen molar-refractivity contribution < 1.29 is 4.74 Å². The number of aromatic amines is 1. The predicted molar refractivity (Wildman–Crippen MR) is 136 cm³/mol. The van der Waals surface area contributed by atoms with Gasteiger partial charge < -0.3 is 14.6 Å². The summed E-state index contributed by atoms with van der Waals surface area (Å²) in [6, 6.07) is 16.6. The van der Waals surface area contributed by atoms with Gasteiger partial charge in [0.05, 0.1) is 17.9 Å². The molecule has 0 spiro atoms. The zero-order chi connectivity index (χ0) is 23.7. The Morgan fingerprint density at radius 2 is 1.82 bits per heavy atom. The first kappa shape index (κ1) is 22.5. The molecule has 0 unspecified atom stereocenters. The van der Waals surface area contributed by atoms with Gasteiger partial charge in [-0.2, -0.15) is 0 Å². The number of rotatable bonds is 6. The van der Waals surface area contributed by atoms with Gasteiger partial charge in [-0.05, 0) is 63.1 Å². The Morgan fingerprint density at radius 1 is 1.06 bits per heavy atom. The summed E-state index contributed by atoms with van der Waals surface area (Å²) in [5.74, 6) is 1.84. The normalized spacial score (nSPS) is 14.6. The first-order valence-electron chi connectivity index (χ1n) is 11.5. The number of para-hydroxylation sites is 1. The summed E-state index contributed by atoms with van der Waals surface area (Å²) in [5, 5.41) is 4.69. The van der Waals surface area contributed by atoms with Crippen molar-refractivity contribution in [3.05, 3.63) is 70.4 Å². The Bertz CT molecular complexity index is 1360. The van der Waals surface area contributed by atoms with Crippen LogP contribution in [0.15, 0.2) is 58.2 Å². The van der Waals surface area contributed by atoms with Crippen LogP contribution < -0.4 is 15.2 Å². The monoisotopic (exact) mass is 476 g/mol. The maximum absolute atomic E-state index is 12.8. The van der Waals surface area contributed by atoms with Crippen LogP contribution in [0.1, 0.15) is 18.4 Å². The van der Waals surface area contributed by atoms with Gasteiger partial charge >= 0.3 is 0 Å². The van der Waals surface area contributed by atoms with Gasteiger partial charge in [-0.25, -0.2) is 13.8 Å². The fraction of sp³-hybridized carbons (Fsp3) is 0.320. The molecule has 2 aromatic heterocycles. The molecule has 176 valence electrons. The van der Waals surface area contributed by atoms with Crippen LogP contribution >= 0.6 is 11.9 Å². The Balaban J connectivity index is 1.40. The number of piperazine rings is 1. The lowest BCUT2D eigenvalue weighted by atomic mass is 10.2. The number of nitrogens with one attached hydrogen (secondary N) is 1. The van der Waals surface area contributed by atoms with Gasteiger partial charge in [0.25, 0.3) is 5.56 Å². The summed E-state index contributed by atoms with van der Waals surface area (Å²) in [7, 11) is 0. The fourth-order valence-electron chi connectivity index (χ4n) is 4.31. The van der Waals surface area contributed by atoms with Crippen molar-refractivity contribution in [2.24, 2.45) is 0 Å². The van der Waals surface area contributed by atoms with Gasteiger partial charge in [-0.1, -0.05) is 18.2 Å². The van der Waals surface area contributed by atoms with E-state index in [1.807, 2.05) is 39.0 Å². The fourth-order valence-corrected chi connectivity index (χ4v) is 5.26. The summed E-state index contributed by atoms with van der Waals surface area (Å²) in [4.78, 5) is 23.6. The number of benzene rings is 2. The van der Waals surface area contributed by atoms with Gasteiger partial charge in [0.1, 0.15) is 11.6 Å². The van der Waals surface area contributed by atoms with Crippen LogP contribution in [0.25, 0.3) is 16.9 Å². The van der Waals surface area contributed by atoms with E-state index in [1.165, 1.54) is 5.69 Å². The van der Waals surface area contributed by atoms with E-state index in [9.17, 15) is 4.79 Å². The lowest BCUT2D eigenvalue weighted by molar-refractivity contribution is 0.341. The van der Waals surface area contributed by atoms with Gasteiger partial charge in [-0.15, -0.1) is 5.10 Å². The third-order valence-electron chi connectivity index (χ3n) is 5.94. The number of ether oxygens (including phenoxy) is 1. The van der Waals surface area contributed by atoms with Crippen molar-refractivity contribution in [3.63, 3.8) is 0 Å². The lowest BCUT2D eigenvalue weighted by Crippen LogP contribution is -2.43. The third kappa shape index (κ3) is 4.41. The maximum atomic E-state index is 12.8. The van der Waals surface area contributed by atoms with E-state index in [0.717, 1.165) is 36.6 Å². The third-order valence-corrected chi connectivity index (χ3v) is 7.03. The lowest BCUT2D eigenvalue weighted by Gasteiger charge is -2.35. The number of aryl methyl sites for hydroxylation is 2. The van der Waals surface area contributed by atoms with Crippen molar-refractivity contribution >= 4 is 23.2 Å². The highest BCUT2D eigenvalue weighted by Gasteiger charge is 2.20. The van der Waals surface area contributed by atoms with Crippen molar-refractivity contribution in [3.8, 4) is 17.1 Å². The highest BCUT2D eigenvalue weighted by Crippen LogP contribution is 2.34. The minimum atomic E-state index is -0.208. The molecule has 9 heteroatoms. The van der Waals surface area contributed by atoms with Crippen LogP contribution in [0.3, 0.4) is 0 Å². The van der Waals surface area contributed by atoms with E-state index < -0.39 is 0 Å². The second-order valence-electron chi connectivity index (χ2n) is 8.24. The summed E-state index contributed by atoms with van der Waals surface area (Å²) >= 11 is 1.72. The number of hydrogen-bond donors (Lipinski definition) is 1. The zero-order valence-electron chi connectivity index (χ0n) is 19.6. The minimum absolute atomic E-state index is 0.208. The molecule has 1 aliphatic rings. The van der Waals surface area contributed by atoms with Gasteiger partial charge in [-0.3, -0.25) is 4.79 Å². The summed E-state index contributed by atoms with van der Waals surface area (Å²) in [6.45, 7) is 10.0. The van der Waals surface area contributed by atoms with Gasteiger partial charge in [0.15, 0.2) is 11.3 Å². The molecule has 0 saturated carbocycles. The Labute approximate surface area is 202 Å². The highest BCUT2D eigenvalue weighted by molar-refractivity contribution is 7.97. The molecule has 8 nitrogen and oxygen atoms in total. The number of hydrogen-bond acceptors (Lipinski definition) is 7. The molecule has 5 rings (SSSR count). The average Bonchev–Trinajstić information content (AvgIpc) is 3.14. The van der Waals surface area contributed by atoms with Crippen LogP contribution in [0, 0.1) is 13.8 Å². The van der Waals surface area contributed by atoms with Crippen molar-refractivity contribution in [2.45, 2.75) is 25.7 Å². The molecule has 0 radical (unpaired) electrons. The molecule has 1 saturated heterocycles. The number of imidazole rings is 1. The van der Waals surface area contributed by atoms with E-state index >= 15 is 0 Å². The van der Waals surface area contributed by atoms with Gasteiger partial charge in [0.2, 0.25) is 0 Å². The SMILES string of the molecule is CCOc1ccc(SN2CCN(c3ccccc3)CC2)cc1-c1nn2c(C)nc(C)c2c(=O)[nH]1. The van der Waals surface area contributed by atoms with Crippen LogP contribution in [-0.4, -0.2) is 56.7 Å². The van der Waals surface area contributed by atoms with E-state index in [1.54, 1.807) is 16.5 Å². The number of fused-ring (bicyclic) bond motifs is 1. The topological polar surface area (TPSA) is 78.8 Å². The molecule has 1 aliphatic heterocycles. The molecule has 2 aromatic carbocycles. The number of nitrogens with zero attached hydrogens (tertiary/aromatic N) is 5. The quantitative estimate of drug-likeness (QED) is 0.423.